The van der Waals surface area contributed by atoms with Gasteiger partial charge in [0.2, 0.25) is 0 Å². The molecule has 1 aromatic heterocycles. The van der Waals surface area contributed by atoms with E-state index in [4.69, 9.17) is 5.73 Å². The first-order valence-corrected chi connectivity index (χ1v) is 6.47. The van der Waals surface area contributed by atoms with Crippen molar-refractivity contribution in [1.82, 2.24) is 10.3 Å². The molecule has 0 aromatic carbocycles. The number of carbonyl (C=O) groups is 1. The van der Waals surface area contributed by atoms with Crippen molar-refractivity contribution in [1.29, 1.82) is 0 Å². The second-order valence-electron chi connectivity index (χ2n) is 4.96. The van der Waals surface area contributed by atoms with E-state index in [-0.39, 0.29) is 30.2 Å². The van der Waals surface area contributed by atoms with Crippen molar-refractivity contribution >= 4 is 18.3 Å². The Morgan fingerprint density at radius 1 is 1.29 bits per heavy atom. The van der Waals surface area contributed by atoms with Gasteiger partial charge in [0.1, 0.15) is 5.69 Å². The van der Waals surface area contributed by atoms with Crippen LogP contribution in [0.5, 0.6) is 0 Å². The predicted molar refractivity (Wildman–Crippen MR) is 74.2 cm³/mol. The molecule has 118 valence electrons. The van der Waals surface area contributed by atoms with Crippen LogP contribution in [0.4, 0.5) is 13.2 Å². The van der Waals surface area contributed by atoms with E-state index in [0.29, 0.717) is 6.20 Å². The molecule has 1 aromatic rings. The number of alkyl halides is 3. The number of halogens is 4. The normalized spacial score (nSPS) is 22.3. The van der Waals surface area contributed by atoms with E-state index >= 15 is 0 Å². The average molecular weight is 324 g/mol. The van der Waals surface area contributed by atoms with E-state index in [1.165, 1.54) is 0 Å². The SMILES string of the molecule is Cl.N[C@@H]1CCCC[C@H]1NC(=O)c1ccc(C(F)(F)F)cn1. The van der Waals surface area contributed by atoms with Crippen molar-refractivity contribution in [3.05, 3.63) is 29.6 Å². The fourth-order valence-electron chi connectivity index (χ4n) is 2.28. The van der Waals surface area contributed by atoms with Crippen molar-refractivity contribution in [2.75, 3.05) is 0 Å². The van der Waals surface area contributed by atoms with Crippen LogP contribution in [-0.4, -0.2) is 23.0 Å². The van der Waals surface area contributed by atoms with Crippen LogP contribution in [0.15, 0.2) is 18.3 Å². The van der Waals surface area contributed by atoms with E-state index in [1.807, 2.05) is 0 Å². The predicted octanol–water partition coefficient (Wildman–Crippen LogP) is 2.52. The maximum absolute atomic E-state index is 12.4. The van der Waals surface area contributed by atoms with Gasteiger partial charge in [-0.1, -0.05) is 12.8 Å². The zero-order valence-corrected chi connectivity index (χ0v) is 12.0. The summed E-state index contributed by atoms with van der Waals surface area (Å²) in [5.41, 5.74) is 5.00. The molecule has 2 atom stereocenters. The number of nitrogens with one attached hydrogen (secondary N) is 1. The van der Waals surface area contributed by atoms with Gasteiger partial charge in [0.25, 0.3) is 5.91 Å². The minimum absolute atomic E-state index is 0. The van der Waals surface area contributed by atoms with Crippen LogP contribution >= 0.6 is 12.4 Å². The van der Waals surface area contributed by atoms with Crippen LogP contribution in [-0.2, 0) is 6.18 Å². The van der Waals surface area contributed by atoms with Crippen molar-refractivity contribution in [2.45, 2.75) is 43.9 Å². The lowest BCUT2D eigenvalue weighted by atomic mass is 9.91. The molecule has 0 saturated heterocycles. The largest absolute Gasteiger partial charge is 0.417 e. The van der Waals surface area contributed by atoms with Gasteiger partial charge in [-0.15, -0.1) is 12.4 Å². The Morgan fingerprint density at radius 3 is 2.48 bits per heavy atom. The number of nitrogens with zero attached hydrogens (tertiary/aromatic N) is 1. The zero-order valence-electron chi connectivity index (χ0n) is 11.2. The Hall–Kier alpha value is -1.34. The van der Waals surface area contributed by atoms with Crippen LogP contribution in [0.25, 0.3) is 0 Å². The molecular formula is C13H17ClF3N3O. The maximum atomic E-state index is 12.4. The molecule has 0 unspecified atom stereocenters. The molecule has 1 heterocycles. The highest BCUT2D eigenvalue weighted by atomic mass is 35.5. The van der Waals surface area contributed by atoms with Gasteiger partial charge < -0.3 is 11.1 Å². The summed E-state index contributed by atoms with van der Waals surface area (Å²) in [6.07, 6.45) is -0.145. The third-order valence-corrected chi connectivity index (χ3v) is 3.46. The lowest BCUT2D eigenvalue weighted by molar-refractivity contribution is -0.137. The molecule has 8 heteroatoms. The first kappa shape index (κ1) is 17.7. The van der Waals surface area contributed by atoms with Gasteiger partial charge in [0, 0.05) is 18.3 Å². The molecule has 0 aliphatic heterocycles. The van der Waals surface area contributed by atoms with Gasteiger partial charge in [0.15, 0.2) is 0 Å². The molecule has 1 aliphatic rings. The summed E-state index contributed by atoms with van der Waals surface area (Å²) in [7, 11) is 0. The van der Waals surface area contributed by atoms with E-state index in [2.05, 4.69) is 10.3 Å². The highest BCUT2D eigenvalue weighted by molar-refractivity contribution is 5.92. The minimum Gasteiger partial charge on any atom is -0.346 e. The molecule has 4 nitrogen and oxygen atoms in total. The number of rotatable bonds is 2. The van der Waals surface area contributed by atoms with E-state index < -0.39 is 17.6 Å². The quantitative estimate of drug-likeness (QED) is 0.878. The Morgan fingerprint density at radius 2 is 1.95 bits per heavy atom. The molecule has 0 radical (unpaired) electrons. The topological polar surface area (TPSA) is 68.0 Å². The molecule has 3 N–H and O–H groups in total. The van der Waals surface area contributed by atoms with Crippen molar-refractivity contribution in [3.63, 3.8) is 0 Å². The summed E-state index contributed by atoms with van der Waals surface area (Å²) in [6.45, 7) is 0. The number of pyridine rings is 1. The Kier molecular flexibility index (Phi) is 5.98. The summed E-state index contributed by atoms with van der Waals surface area (Å²) in [6, 6.07) is 1.68. The number of nitrogens with two attached hydrogens (primary N) is 1. The van der Waals surface area contributed by atoms with Gasteiger partial charge in [0.05, 0.1) is 5.56 Å². The van der Waals surface area contributed by atoms with E-state index in [0.717, 1.165) is 37.8 Å². The Labute approximate surface area is 126 Å². The molecule has 21 heavy (non-hydrogen) atoms. The number of amides is 1. The zero-order chi connectivity index (χ0) is 14.8. The molecule has 0 spiro atoms. The molecule has 1 aliphatic carbocycles. The highest BCUT2D eigenvalue weighted by Gasteiger charge is 2.31. The lowest BCUT2D eigenvalue weighted by Crippen LogP contribution is -2.49. The molecule has 2 rings (SSSR count). The third-order valence-electron chi connectivity index (χ3n) is 3.46. The summed E-state index contributed by atoms with van der Waals surface area (Å²) in [5.74, 6) is -0.485. The Bertz CT molecular complexity index is 479. The average Bonchev–Trinajstić information content (AvgIpc) is 2.40. The van der Waals surface area contributed by atoms with Gasteiger partial charge in [-0.3, -0.25) is 9.78 Å². The van der Waals surface area contributed by atoms with Gasteiger partial charge in [-0.05, 0) is 25.0 Å². The Balaban J connectivity index is 0.00000220. The second-order valence-corrected chi connectivity index (χ2v) is 4.96. The molecular weight excluding hydrogens is 307 g/mol. The van der Waals surface area contributed by atoms with Crippen LogP contribution in [0.2, 0.25) is 0 Å². The summed E-state index contributed by atoms with van der Waals surface area (Å²) >= 11 is 0. The van der Waals surface area contributed by atoms with Crippen LogP contribution in [0.1, 0.15) is 41.7 Å². The highest BCUT2D eigenvalue weighted by Crippen LogP contribution is 2.28. The van der Waals surface area contributed by atoms with Gasteiger partial charge in [-0.2, -0.15) is 13.2 Å². The van der Waals surface area contributed by atoms with E-state index in [9.17, 15) is 18.0 Å². The molecule has 0 bridgehead atoms. The third kappa shape index (κ3) is 4.57. The fourth-order valence-corrected chi connectivity index (χ4v) is 2.28. The first-order valence-electron chi connectivity index (χ1n) is 6.47. The summed E-state index contributed by atoms with van der Waals surface area (Å²) < 4.78 is 37.2. The van der Waals surface area contributed by atoms with E-state index in [1.54, 1.807) is 0 Å². The number of hydrogen-bond donors (Lipinski definition) is 2. The number of hydrogen-bond acceptors (Lipinski definition) is 3. The van der Waals surface area contributed by atoms with Gasteiger partial charge >= 0.3 is 6.18 Å². The van der Waals surface area contributed by atoms with Crippen molar-refractivity contribution in [3.8, 4) is 0 Å². The van der Waals surface area contributed by atoms with Crippen molar-refractivity contribution < 1.29 is 18.0 Å². The molecule has 1 amide bonds. The van der Waals surface area contributed by atoms with Gasteiger partial charge in [-0.25, -0.2) is 0 Å². The summed E-state index contributed by atoms with van der Waals surface area (Å²) in [4.78, 5) is 15.5. The maximum Gasteiger partial charge on any atom is 0.417 e. The van der Waals surface area contributed by atoms with Crippen molar-refractivity contribution in [2.24, 2.45) is 5.73 Å². The smallest absolute Gasteiger partial charge is 0.346 e. The standard InChI is InChI=1S/C13H16F3N3O.ClH/c14-13(15,16)8-5-6-11(18-7-8)12(20)19-10-4-2-1-3-9(10)17;/h5-7,9-10H,1-4,17H2,(H,19,20);1H/t9-,10-;/m1./s1. The van der Waals surface area contributed by atoms with Crippen LogP contribution in [0, 0.1) is 0 Å². The minimum atomic E-state index is -4.45. The number of aromatic nitrogens is 1. The molecule has 1 fully saturated rings. The van der Waals surface area contributed by atoms with Crippen LogP contribution < -0.4 is 11.1 Å². The fraction of sp³-hybridized carbons (Fsp3) is 0.538. The summed E-state index contributed by atoms with van der Waals surface area (Å²) in [5, 5.41) is 2.74. The second kappa shape index (κ2) is 7.09. The van der Waals surface area contributed by atoms with Crippen LogP contribution in [0.3, 0.4) is 0 Å². The lowest BCUT2D eigenvalue weighted by Gasteiger charge is -2.29. The first-order chi connectivity index (χ1) is 9.38. The molecule has 1 saturated carbocycles. The number of carbonyl (C=O) groups excluding carboxylic acids is 1. The monoisotopic (exact) mass is 323 g/mol.